The first-order valence-electron chi connectivity index (χ1n) is 11.3. The van der Waals surface area contributed by atoms with Crippen molar-refractivity contribution in [3.63, 3.8) is 0 Å². The average Bonchev–Trinajstić information content (AvgIpc) is 3.58. The minimum atomic E-state index is -0.160. The van der Waals surface area contributed by atoms with Crippen molar-refractivity contribution in [3.8, 4) is 16.9 Å². The van der Waals surface area contributed by atoms with Crippen LogP contribution >= 0.6 is 11.3 Å². The van der Waals surface area contributed by atoms with E-state index in [0.29, 0.717) is 18.2 Å². The summed E-state index contributed by atoms with van der Waals surface area (Å²) < 4.78 is 9.17. The lowest BCUT2D eigenvalue weighted by molar-refractivity contribution is -0.130. The van der Waals surface area contributed by atoms with Crippen LogP contribution in [0.1, 0.15) is 6.42 Å². The van der Waals surface area contributed by atoms with E-state index in [1.54, 1.807) is 27.2 Å². The van der Waals surface area contributed by atoms with E-state index in [0.717, 1.165) is 50.9 Å². The zero-order chi connectivity index (χ0) is 23.9. The van der Waals surface area contributed by atoms with Gasteiger partial charge in [0, 0.05) is 38.1 Å². The Labute approximate surface area is 205 Å². The molecule has 4 heterocycles. The Morgan fingerprint density at radius 3 is 2.83 bits per heavy atom. The lowest BCUT2D eigenvalue weighted by Gasteiger charge is -2.16. The molecule has 1 N–H and O–H groups in total. The van der Waals surface area contributed by atoms with Gasteiger partial charge in [0.2, 0.25) is 5.91 Å². The first-order valence-corrected chi connectivity index (χ1v) is 12.2. The summed E-state index contributed by atoms with van der Waals surface area (Å²) in [6.45, 7) is 1.05. The number of rotatable bonds is 6. The third-order valence-corrected chi connectivity index (χ3v) is 7.10. The number of likely N-dealkylation sites (tertiary alicyclic amines) is 1. The van der Waals surface area contributed by atoms with Gasteiger partial charge < -0.3 is 15.0 Å². The SMILES string of the molecule is CN1CCC(COc2cc(-c3cnn(C)c3)cc3ncnc(Nc4ccc5ncsc5c4)c23)C1=O. The van der Waals surface area contributed by atoms with Gasteiger partial charge >= 0.3 is 0 Å². The molecule has 6 rings (SSSR count). The number of anilines is 2. The molecule has 1 aliphatic heterocycles. The van der Waals surface area contributed by atoms with Crippen molar-refractivity contribution in [2.75, 3.05) is 25.5 Å². The normalized spacial score (nSPS) is 15.9. The molecule has 0 radical (unpaired) electrons. The highest BCUT2D eigenvalue weighted by Crippen LogP contribution is 2.37. The van der Waals surface area contributed by atoms with Gasteiger partial charge in [-0.05, 0) is 42.3 Å². The Balaban J connectivity index is 1.42. The Morgan fingerprint density at radius 2 is 2.03 bits per heavy atom. The van der Waals surface area contributed by atoms with Gasteiger partial charge in [-0.3, -0.25) is 9.48 Å². The van der Waals surface area contributed by atoms with Gasteiger partial charge in [-0.1, -0.05) is 0 Å². The Bertz CT molecular complexity index is 1560. The highest BCUT2D eigenvalue weighted by molar-refractivity contribution is 7.16. The third kappa shape index (κ3) is 4.06. The number of nitrogens with one attached hydrogen (secondary N) is 1. The van der Waals surface area contributed by atoms with Crippen LogP contribution in [0, 0.1) is 5.92 Å². The smallest absolute Gasteiger partial charge is 0.228 e. The van der Waals surface area contributed by atoms with E-state index in [2.05, 4.69) is 31.4 Å². The standard InChI is InChI=1S/C25H23N7O2S/c1-31-6-5-15(25(31)33)12-34-21-8-16(17-10-29-32(2)11-17)7-20-23(21)24(27-13-26-20)30-18-3-4-19-22(9-18)35-14-28-19/h3-4,7-11,13-15H,5-6,12H2,1-2H3,(H,26,27,30). The molecule has 0 bridgehead atoms. The second-order valence-corrected chi connectivity index (χ2v) is 9.60. The molecule has 1 fully saturated rings. The number of hydrogen-bond acceptors (Lipinski definition) is 8. The Kier molecular flexibility index (Phi) is 5.29. The fraction of sp³-hybridized carbons (Fsp3) is 0.240. The zero-order valence-corrected chi connectivity index (χ0v) is 20.1. The molecule has 1 aliphatic rings. The number of ether oxygens (including phenoxy) is 1. The van der Waals surface area contributed by atoms with Crippen LogP contribution in [-0.2, 0) is 11.8 Å². The van der Waals surface area contributed by atoms with Crippen LogP contribution in [0.2, 0.25) is 0 Å². The highest BCUT2D eigenvalue weighted by atomic mass is 32.1. The van der Waals surface area contributed by atoms with Crippen molar-refractivity contribution < 1.29 is 9.53 Å². The fourth-order valence-corrected chi connectivity index (χ4v) is 5.13. The van der Waals surface area contributed by atoms with E-state index in [1.165, 1.54) is 0 Å². The van der Waals surface area contributed by atoms with Gasteiger partial charge in [-0.15, -0.1) is 11.3 Å². The summed E-state index contributed by atoms with van der Waals surface area (Å²) >= 11 is 1.59. The molecule has 176 valence electrons. The van der Waals surface area contributed by atoms with Crippen LogP contribution < -0.4 is 10.1 Å². The Morgan fingerprint density at radius 1 is 1.11 bits per heavy atom. The largest absolute Gasteiger partial charge is 0.492 e. The van der Waals surface area contributed by atoms with Gasteiger partial charge in [-0.25, -0.2) is 15.0 Å². The summed E-state index contributed by atoms with van der Waals surface area (Å²) in [5.41, 5.74) is 6.34. The molecule has 0 saturated carbocycles. The molecule has 0 aliphatic carbocycles. The number of carbonyl (C=O) groups excluding carboxylic acids is 1. The quantitative estimate of drug-likeness (QED) is 0.384. The van der Waals surface area contributed by atoms with Crippen LogP contribution in [0.4, 0.5) is 11.5 Å². The van der Waals surface area contributed by atoms with E-state index in [1.807, 2.05) is 56.3 Å². The van der Waals surface area contributed by atoms with Gasteiger partial charge in [0.1, 0.15) is 17.9 Å². The Hall–Kier alpha value is -4.05. The van der Waals surface area contributed by atoms with Crippen LogP contribution in [0.15, 0.2) is 54.6 Å². The van der Waals surface area contributed by atoms with Crippen LogP contribution in [-0.4, -0.2) is 55.7 Å². The predicted octanol–water partition coefficient (Wildman–Crippen LogP) is 4.24. The first kappa shape index (κ1) is 21.5. The van der Waals surface area contributed by atoms with E-state index in [9.17, 15) is 4.79 Å². The molecule has 3 aromatic heterocycles. The minimum Gasteiger partial charge on any atom is -0.492 e. The van der Waals surface area contributed by atoms with Gasteiger partial charge in [0.25, 0.3) is 0 Å². The van der Waals surface area contributed by atoms with Crippen LogP contribution in [0.5, 0.6) is 5.75 Å². The predicted molar refractivity (Wildman–Crippen MR) is 136 cm³/mol. The number of amides is 1. The fourth-order valence-electron chi connectivity index (χ4n) is 4.41. The van der Waals surface area contributed by atoms with Crippen LogP contribution in [0.3, 0.4) is 0 Å². The number of benzene rings is 2. The topological polar surface area (TPSA) is 98.1 Å². The number of aromatic nitrogens is 5. The highest BCUT2D eigenvalue weighted by Gasteiger charge is 2.30. The van der Waals surface area contributed by atoms with E-state index in [-0.39, 0.29) is 11.8 Å². The number of aryl methyl sites for hydroxylation is 1. The lowest BCUT2D eigenvalue weighted by Crippen LogP contribution is -2.25. The molecule has 35 heavy (non-hydrogen) atoms. The maximum Gasteiger partial charge on any atom is 0.228 e. The molecule has 1 amide bonds. The summed E-state index contributed by atoms with van der Waals surface area (Å²) in [7, 11) is 3.71. The second kappa shape index (κ2) is 8.62. The van der Waals surface area contributed by atoms with E-state index in [4.69, 9.17) is 4.74 Å². The number of hydrogen-bond donors (Lipinski definition) is 1. The molecule has 10 heteroatoms. The molecule has 5 aromatic rings. The van der Waals surface area contributed by atoms with Crippen molar-refractivity contribution in [2.24, 2.45) is 13.0 Å². The summed E-state index contributed by atoms with van der Waals surface area (Å²) in [5.74, 6) is 1.23. The molecular weight excluding hydrogens is 462 g/mol. The monoisotopic (exact) mass is 485 g/mol. The number of thiazole rings is 1. The number of nitrogens with zero attached hydrogens (tertiary/aromatic N) is 6. The summed E-state index contributed by atoms with van der Waals surface area (Å²) in [6.07, 6.45) is 6.09. The molecular formula is C25H23N7O2S. The summed E-state index contributed by atoms with van der Waals surface area (Å²) in [4.78, 5) is 27.7. The molecule has 1 atom stereocenters. The van der Waals surface area contributed by atoms with Crippen molar-refractivity contribution in [1.29, 1.82) is 0 Å². The van der Waals surface area contributed by atoms with Crippen molar-refractivity contribution in [3.05, 3.63) is 54.6 Å². The van der Waals surface area contributed by atoms with E-state index >= 15 is 0 Å². The third-order valence-electron chi connectivity index (χ3n) is 6.31. The molecule has 9 nitrogen and oxygen atoms in total. The number of carbonyl (C=O) groups is 1. The van der Waals surface area contributed by atoms with Crippen molar-refractivity contribution in [2.45, 2.75) is 6.42 Å². The summed E-state index contributed by atoms with van der Waals surface area (Å²) in [6, 6.07) is 10.0. The molecule has 0 spiro atoms. The van der Waals surface area contributed by atoms with Gasteiger partial charge in [0.05, 0.1) is 45.4 Å². The van der Waals surface area contributed by atoms with E-state index < -0.39 is 0 Å². The zero-order valence-electron chi connectivity index (χ0n) is 19.3. The molecule has 1 unspecified atom stereocenters. The maximum absolute atomic E-state index is 12.5. The molecule has 1 saturated heterocycles. The molecule has 2 aromatic carbocycles. The van der Waals surface area contributed by atoms with Crippen molar-refractivity contribution in [1.82, 2.24) is 29.6 Å². The van der Waals surface area contributed by atoms with Crippen molar-refractivity contribution >= 4 is 49.9 Å². The second-order valence-electron chi connectivity index (χ2n) is 8.71. The van der Waals surface area contributed by atoms with Crippen LogP contribution in [0.25, 0.3) is 32.2 Å². The van der Waals surface area contributed by atoms with Gasteiger partial charge in [-0.2, -0.15) is 5.10 Å². The lowest BCUT2D eigenvalue weighted by atomic mass is 10.1. The summed E-state index contributed by atoms with van der Waals surface area (Å²) in [5, 5.41) is 8.50. The van der Waals surface area contributed by atoms with Gasteiger partial charge in [0.15, 0.2) is 0 Å². The first-order chi connectivity index (χ1) is 17.0. The number of fused-ring (bicyclic) bond motifs is 2. The maximum atomic E-state index is 12.5. The average molecular weight is 486 g/mol. The minimum absolute atomic E-state index is 0.116.